The molecule has 1 aromatic carbocycles. The highest BCUT2D eigenvalue weighted by molar-refractivity contribution is 5.84. The van der Waals surface area contributed by atoms with E-state index in [1.807, 2.05) is 36.2 Å². The van der Waals surface area contributed by atoms with Crippen molar-refractivity contribution in [1.29, 1.82) is 0 Å². The highest BCUT2D eigenvalue weighted by Gasteiger charge is 2.30. The number of benzene rings is 1. The Bertz CT molecular complexity index is 436. The van der Waals surface area contributed by atoms with Crippen LogP contribution in [0.2, 0.25) is 0 Å². The molecule has 0 radical (unpaired) electrons. The van der Waals surface area contributed by atoms with E-state index in [0.717, 1.165) is 24.5 Å². The highest BCUT2D eigenvalue weighted by Crippen LogP contribution is 2.32. The van der Waals surface area contributed by atoms with Crippen molar-refractivity contribution in [2.24, 2.45) is 5.73 Å². The van der Waals surface area contributed by atoms with E-state index < -0.39 is 6.04 Å². The molecular formula is C13H19N3O2. The summed E-state index contributed by atoms with van der Waals surface area (Å²) in [5, 5.41) is 0. The SMILES string of the molecule is COC(=O)C(CN)N1CCN(C)c2ccccc21. The third-order valence-corrected chi connectivity index (χ3v) is 3.35. The van der Waals surface area contributed by atoms with E-state index in [2.05, 4.69) is 4.90 Å². The first-order chi connectivity index (χ1) is 8.69. The van der Waals surface area contributed by atoms with Crippen LogP contribution < -0.4 is 15.5 Å². The van der Waals surface area contributed by atoms with Gasteiger partial charge < -0.3 is 20.3 Å². The lowest BCUT2D eigenvalue weighted by atomic mass is 10.1. The van der Waals surface area contributed by atoms with Crippen LogP contribution >= 0.6 is 0 Å². The van der Waals surface area contributed by atoms with Gasteiger partial charge in [-0.25, -0.2) is 4.79 Å². The van der Waals surface area contributed by atoms with Crippen molar-refractivity contribution in [3.8, 4) is 0 Å². The van der Waals surface area contributed by atoms with Gasteiger partial charge in [-0.3, -0.25) is 0 Å². The number of esters is 1. The Hall–Kier alpha value is -1.75. The van der Waals surface area contributed by atoms with Crippen LogP contribution in [0, 0.1) is 0 Å². The summed E-state index contributed by atoms with van der Waals surface area (Å²) in [6.07, 6.45) is 0. The summed E-state index contributed by atoms with van der Waals surface area (Å²) in [5.74, 6) is -0.281. The van der Waals surface area contributed by atoms with Crippen molar-refractivity contribution in [3.63, 3.8) is 0 Å². The van der Waals surface area contributed by atoms with E-state index >= 15 is 0 Å². The summed E-state index contributed by atoms with van der Waals surface area (Å²) in [4.78, 5) is 16.0. The number of fused-ring (bicyclic) bond motifs is 1. The fourth-order valence-electron chi connectivity index (χ4n) is 2.34. The second kappa shape index (κ2) is 5.27. The van der Waals surface area contributed by atoms with Gasteiger partial charge in [0.05, 0.1) is 18.5 Å². The molecule has 2 N–H and O–H groups in total. The van der Waals surface area contributed by atoms with Crippen LogP contribution in [0.5, 0.6) is 0 Å². The van der Waals surface area contributed by atoms with Crippen molar-refractivity contribution in [2.75, 3.05) is 43.6 Å². The van der Waals surface area contributed by atoms with Gasteiger partial charge >= 0.3 is 5.97 Å². The molecule has 1 heterocycles. The second-order valence-corrected chi connectivity index (χ2v) is 4.38. The molecule has 18 heavy (non-hydrogen) atoms. The summed E-state index contributed by atoms with van der Waals surface area (Å²) < 4.78 is 4.82. The van der Waals surface area contributed by atoms with Crippen LogP contribution in [0.15, 0.2) is 24.3 Å². The van der Waals surface area contributed by atoms with Gasteiger partial charge in [0, 0.05) is 26.7 Å². The average molecular weight is 249 g/mol. The standard InChI is InChI=1S/C13H19N3O2/c1-15-7-8-16(12(9-14)13(17)18-2)11-6-4-3-5-10(11)15/h3-6,12H,7-9,14H2,1-2H3. The molecule has 1 atom stereocenters. The number of para-hydroxylation sites is 2. The van der Waals surface area contributed by atoms with Crippen molar-refractivity contribution in [1.82, 2.24) is 0 Å². The van der Waals surface area contributed by atoms with Gasteiger partial charge in [-0.15, -0.1) is 0 Å². The van der Waals surface area contributed by atoms with Crippen molar-refractivity contribution in [2.45, 2.75) is 6.04 Å². The van der Waals surface area contributed by atoms with Crippen molar-refractivity contribution >= 4 is 17.3 Å². The predicted octanol–water partition coefficient (Wildman–Crippen LogP) is 0.443. The molecule has 1 aliphatic heterocycles. The number of hydrogen-bond acceptors (Lipinski definition) is 5. The van der Waals surface area contributed by atoms with E-state index in [0.29, 0.717) is 0 Å². The van der Waals surface area contributed by atoms with Crippen molar-refractivity contribution in [3.05, 3.63) is 24.3 Å². The van der Waals surface area contributed by atoms with Gasteiger partial charge in [0.25, 0.3) is 0 Å². The lowest BCUT2D eigenvalue weighted by Crippen LogP contribution is -2.52. The number of nitrogens with zero attached hydrogens (tertiary/aromatic N) is 2. The first-order valence-corrected chi connectivity index (χ1v) is 6.03. The zero-order valence-corrected chi connectivity index (χ0v) is 10.8. The number of rotatable bonds is 3. The Kier molecular flexibility index (Phi) is 3.72. The number of hydrogen-bond donors (Lipinski definition) is 1. The molecule has 0 bridgehead atoms. The number of likely N-dealkylation sites (N-methyl/N-ethyl adjacent to an activating group) is 1. The largest absolute Gasteiger partial charge is 0.467 e. The number of carbonyl (C=O) groups is 1. The summed E-state index contributed by atoms with van der Waals surface area (Å²) in [6.45, 7) is 1.89. The lowest BCUT2D eigenvalue weighted by Gasteiger charge is -2.40. The van der Waals surface area contributed by atoms with Crippen LogP contribution in [0.4, 0.5) is 11.4 Å². The Morgan fingerprint density at radius 2 is 2.06 bits per heavy atom. The minimum atomic E-state index is -0.412. The molecule has 0 saturated carbocycles. The van der Waals surface area contributed by atoms with Crippen LogP contribution in [0.25, 0.3) is 0 Å². The topological polar surface area (TPSA) is 58.8 Å². The summed E-state index contributed by atoms with van der Waals surface area (Å²) in [7, 11) is 3.44. The first-order valence-electron chi connectivity index (χ1n) is 6.03. The smallest absolute Gasteiger partial charge is 0.329 e. The number of carbonyl (C=O) groups excluding carboxylic acids is 1. The summed E-state index contributed by atoms with van der Waals surface area (Å²) >= 11 is 0. The van der Waals surface area contributed by atoms with Gasteiger partial charge in [-0.1, -0.05) is 12.1 Å². The second-order valence-electron chi connectivity index (χ2n) is 4.38. The Morgan fingerprint density at radius 3 is 2.67 bits per heavy atom. The quantitative estimate of drug-likeness (QED) is 0.788. The molecule has 1 aliphatic rings. The van der Waals surface area contributed by atoms with Crippen LogP contribution in [-0.4, -0.2) is 45.8 Å². The maximum Gasteiger partial charge on any atom is 0.329 e. The van der Waals surface area contributed by atoms with E-state index in [4.69, 9.17) is 10.5 Å². The monoisotopic (exact) mass is 249 g/mol. The van der Waals surface area contributed by atoms with Crippen molar-refractivity contribution < 1.29 is 9.53 Å². The van der Waals surface area contributed by atoms with Crippen LogP contribution in [0.1, 0.15) is 0 Å². The van der Waals surface area contributed by atoms with Crippen LogP contribution in [-0.2, 0) is 9.53 Å². The Morgan fingerprint density at radius 1 is 1.39 bits per heavy atom. The molecule has 5 heteroatoms. The Balaban J connectivity index is 2.35. The van der Waals surface area contributed by atoms with E-state index in [9.17, 15) is 4.79 Å². The summed E-state index contributed by atoms with van der Waals surface area (Å²) in [6, 6.07) is 7.61. The molecule has 0 aliphatic carbocycles. The Labute approximate surface area is 107 Å². The molecule has 98 valence electrons. The lowest BCUT2D eigenvalue weighted by molar-refractivity contribution is -0.142. The molecule has 2 rings (SSSR count). The zero-order valence-electron chi connectivity index (χ0n) is 10.8. The summed E-state index contributed by atoms with van der Waals surface area (Å²) in [5.41, 5.74) is 7.87. The molecule has 5 nitrogen and oxygen atoms in total. The highest BCUT2D eigenvalue weighted by atomic mass is 16.5. The molecule has 1 unspecified atom stereocenters. The van der Waals surface area contributed by atoms with Crippen LogP contribution in [0.3, 0.4) is 0 Å². The first kappa shape index (κ1) is 12.7. The fraction of sp³-hybridized carbons (Fsp3) is 0.462. The van der Waals surface area contributed by atoms with Gasteiger partial charge in [-0.2, -0.15) is 0 Å². The number of nitrogens with two attached hydrogens (primary N) is 1. The third-order valence-electron chi connectivity index (χ3n) is 3.35. The average Bonchev–Trinajstić information content (AvgIpc) is 2.42. The van der Waals surface area contributed by atoms with Gasteiger partial charge in [0.15, 0.2) is 0 Å². The minimum absolute atomic E-state index is 0.255. The van der Waals surface area contributed by atoms with Gasteiger partial charge in [-0.05, 0) is 12.1 Å². The zero-order chi connectivity index (χ0) is 13.1. The maximum atomic E-state index is 11.8. The van der Waals surface area contributed by atoms with E-state index in [1.54, 1.807) is 0 Å². The minimum Gasteiger partial charge on any atom is -0.467 e. The van der Waals surface area contributed by atoms with E-state index in [1.165, 1.54) is 7.11 Å². The number of methoxy groups -OCH3 is 1. The number of ether oxygens (including phenoxy) is 1. The number of anilines is 2. The molecule has 0 aromatic heterocycles. The fourth-order valence-corrected chi connectivity index (χ4v) is 2.34. The predicted molar refractivity (Wildman–Crippen MR) is 71.9 cm³/mol. The third kappa shape index (κ3) is 2.13. The molecule has 0 fully saturated rings. The maximum absolute atomic E-state index is 11.8. The normalized spacial score (nSPS) is 16.2. The molecule has 1 aromatic rings. The van der Waals surface area contributed by atoms with E-state index in [-0.39, 0.29) is 12.5 Å². The molecule has 0 spiro atoms. The molecule has 0 saturated heterocycles. The molecule has 0 amide bonds. The van der Waals surface area contributed by atoms with Gasteiger partial charge in [0.2, 0.25) is 0 Å². The van der Waals surface area contributed by atoms with Gasteiger partial charge in [0.1, 0.15) is 6.04 Å². The molecular weight excluding hydrogens is 230 g/mol.